The second-order valence-electron chi connectivity index (χ2n) is 9.31. The highest BCUT2D eigenvalue weighted by atomic mass is 35.5. The fourth-order valence-electron chi connectivity index (χ4n) is 4.28. The van der Waals surface area contributed by atoms with Crippen LogP contribution in [0.3, 0.4) is 0 Å². The van der Waals surface area contributed by atoms with Crippen molar-refractivity contribution < 1.29 is 46.1 Å². The van der Waals surface area contributed by atoms with Crippen molar-refractivity contribution in [3.05, 3.63) is 52.3 Å². The van der Waals surface area contributed by atoms with Gasteiger partial charge in [0.05, 0.1) is 12.1 Å². The fourth-order valence-corrected chi connectivity index (χ4v) is 4.41. The van der Waals surface area contributed by atoms with Gasteiger partial charge in [-0.15, -0.1) is 0 Å². The van der Waals surface area contributed by atoms with Crippen LogP contribution in [-0.4, -0.2) is 87.5 Å². The minimum Gasteiger partial charge on any atom is -0.475 e. The number of β-amino-alcohol motifs (C(OH)–C–C–N with tert-alkyl or cyclic N) is 1. The molecule has 0 saturated carbocycles. The molecule has 2 atom stereocenters. The molecule has 16 heteroatoms. The van der Waals surface area contributed by atoms with Crippen molar-refractivity contribution in [2.24, 2.45) is 0 Å². The number of carboxylic acids is 1. The molecule has 1 aromatic heterocycles. The maximum atomic E-state index is 13.1. The molecule has 3 heterocycles. The Labute approximate surface area is 229 Å². The van der Waals surface area contributed by atoms with Crippen molar-refractivity contribution in [1.82, 2.24) is 20.2 Å². The van der Waals surface area contributed by atoms with Gasteiger partial charge in [-0.1, -0.05) is 11.6 Å². The number of nitrogens with zero attached hydrogens (tertiary/aromatic N) is 4. The van der Waals surface area contributed by atoms with Gasteiger partial charge < -0.3 is 25.3 Å². The number of alkyl halides is 6. The molecular formula is C24H26ClF6N5O4. The molecular weight excluding hydrogens is 572 g/mol. The molecule has 0 aliphatic carbocycles. The van der Waals surface area contributed by atoms with E-state index < -0.39 is 30.1 Å². The van der Waals surface area contributed by atoms with E-state index in [9.17, 15) is 36.2 Å². The molecule has 0 bridgehead atoms. The van der Waals surface area contributed by atoms with Gasteiger partial charge in [-0.3, -0.25) is 4.79 Å². The van der Waals surface area contributed by atoms with E-state index in [2.05, 4.69) is 15.3 Å². The molecule has 40 heavy (non-hydrogen) atoms. The maximum Gasteiger partial charge on any atom is 0.490 e. The highest BCUT2D eigenvalue weighted by molar-refractivity contribution is 6.30. The summed E-state index contributed by atoms with van der Waals surface area (Å²) in [7, 11) is 0. The van der Waals surface area contributed by atoms with E-state index in [1.54, 1.807) is 34.1 Å². The molecule has 0 radical (unpaired) electrons. The fraction of sp³-hybridized carbons (Fsp3) is 0.500. The lowest BCUT2D eigenvalue weighted by Gasteiger charge is -2.34. The summed E-state index contributed by atoms with van der Waals surface area (Å²) in [6.07, 6.45) is -8.99. The quantitative estimate of drug-likeness (QED) is 0.458. The number of aliphatic carboxylic acids is 1. The van der Waals surface area contributed by atoms with Gasteiger partial charge in [-0.05, 0) is 50.1 Å². The van der Waals surface area contributed by atoms with Gasteiger partial charge in [0, 0.05) is 48.5 Å². The zero-order chi connectivity index (χ0) is 29.8. The molecule has 3 N–H and O–H groups in total. The SMILES string of the molecule is Cc1cc(C(F)(F)F)nc(N2C[C@@H](O)[C@H](NC3CCN(C(=O)c4ccc(Cl)cc4)CC3)C2)n1.O=C(O)C(F)(F)F. The predicted octanol–water partition coefficient (Wildman–Crippen LogP) is 3.53. The second-order valence-corrected chi connectivity index (χ2v) is 9.75. The number of anilines is 1. The van der Waals surface area contributed by atoms with Crippen LogP contribution < -0.4 is 10.2 Å². The summed E-state index contributed by atoms with van der Waals surface area (Å²) in [5.74, 6) is -2.84. The minimum atomic E-state index is -5.08. The number of amides is 1. The number of carbonyl (C=O) groups excluding carboxylic acids is 1. The number of carbonyl (C=O) groups is 2. The number of hydrogen-bond donors (Lipinski definition) is 3. The van der Waals surface area contributed by atoms with Gasteiger partial charge in [0.2, 0.25) is 5.95 Å². The third-order valence-electron chi connectivity index (χ3n) is 6.27. The summed E-state index contributed by atoms with van der Waals surface area (Å²) in [4.78, 5) is 32.7. The van der Waals surface area contributed by atoms with Crippen molar-refractivity contribution in [2.75, 3.05) is 31.1 Å². The Morgan fingerprint density at radius 2 is 1.60 bits per heavy atom. The van der Waals surface area contributed by atoms with E-state index >= 15 is 0 Å². The van der Waals surface area contributed by atoms with Crippen LogP contribution in [-0.2, 0) is 11.0 Å². The number of rotatable bonds is 4. The number of likely N-dealkylation sites (tertiary alicyclic amines) is 1. The van der Waals surface area contributed by atoms with Crippen LogP contribution in [0.25, 0.3) is 0 Å². The smallest absolute Gasteiger partial charge is 0.475 e. The van der Waals surface area contributed by atoms with Crippen LogP contribution in [0.1, 0.15) is 34.6 Å². The average Bonchev–Trinajstić information content (AvgIpc) is 3.23. The molecule has 0 spiro atoms. The summed E-state index contributed by atoms with van der Waals surface area (Å²) in [6.45, 7) is 3.07. The Kier molecular flexibility index (Phi) is 9.85. The number of piperidine rings is 1. The Balaban J connectivity index is 0.000000559. The first-order chi connectivity index (χ1) is 18.5. The first-order valence-electron chi connectivity index (χ1n) is 12.0. The number of aliphatic hydroxyl groups is 1. The van der Waals surface area contributed by atoms with E-state index in [4.69, 9.17) is 21.5 Å². The molecule has 2 aliphatic heterocycles. The molecule has 9 nitrogen and oxygen atoms in total. The topological polar surface area (TPSA) is 119 Å². The number of aryl methyl sites for hydroxylation is 1. The van der Waals surface area contributed by atoms with Crippen LogP contribution >= 0.6 is 11.6 Å². The first-order valence-corrected chi connectivity index (χ1v) is 12.4. The van der Waals surface area contributed by atoms with Crippen LogP contribution in [0.15, 0.2) is 30.3 Å². The first kappa shape index (κ1) is 31.4. The lowest BCUT2D eigenvalue weighted by Crippen LogP contribution is -2.50. The molecule has 2 aromatic rings. The number of halogens is 7. The predicted molar refractivity (Wildman–Crippen MR) is 131 cm³/mol. The summed E-state index contributed by atoms with van der Waals surface area (Å²) >= 11 is 5.88. The highest BCUT2D eigenvalue weighted by Gasteiger charge is 2.39. The zero-order valence-corrected chi connectivity index (χ0v) is 21.8. The Morgan fingerprint density at radius 1 is 1.02 bits per heavy atom. The third kappa shape index (κ3) is 8.41. The van der Waals surface area contributed by atoms with Gasteiger partial charge >= 0.3 is 18.3 Å². The van der Waals surface area contributed by atoms with Crippen molar-refractivity contribution >= 4 is 29.4 Å². The van der Waals surface area contributed by atoms with E-state index in [1.165, 1.54) is 6.92 Å². The number of aliphatic hydroxyl groups excluding tert-OH is 1. The van der Waals surface area contributed by atoms with Crippen molar-refractivity contribution in [2.45, 2.75) is 50.3 Å². The van der Waals surface area contributed by atoms with Gasteiger partial charge in [-0.2, -0.15) is 26.3 Å². The number of hydrogen-bond acceptors (Lipinski definition) is 7. The molecule has 2 saturated heterocycles. The Bertz CT molecular complexity index is 1190. The number of aromatic nitrogens is 2. The summed E-state index contributed by atoms with van der Waals surface area (Å²) in [5, 5.41) is 21.6. The molecule has 4 rings (SSSR count). The molecule has 2 fully saturated rings. The largest absolute Gasteiger partial charge is 0.490 e. The molecule has 1 amide bonds. The minimum absolute atomic E-state index is 0.0333. The summed E-state index contributed by atoms with van der Waals surface area (Å²) < 4.78 is 71.1. The van der Waals surface area contributed by atoms with Crippen LogP contribution in [0.2, 0.25) is 5.02 Å². The standard InChI is InChI=1S/C22H25ClF3N5O2.C2HF3O2/c1-13-10-19(22(24,25)26)29-21(27-13)31-11-17(18(32)12-31)28-16-6-8-30(9-7-16)20(33)14-2-4-15(23)5-3-14;3-2(4,5)1(6)7/h2-5,10,16-18,28,32H,6-9,11-12H2,1H3;(H,6,7)/t17-,18-;/m1./s1. The van der Waals surface area contributed by atoms with Crippen molar-refractivity contribution in [3.8, 4) is 0 Å². The lowest BCUT2D eigenvalue weighted by atomic mass is 10.0. The average molecular weight is 598 g/mol. The molecule has 1 aromatic carbocycles. The Hall–Kier alpha value is -3.17. The van der Waals surface area contributed by atoms with E-state index in [-0.39, 0.29) is 36.2 Å². The van der Waals surface area contributed by atoms with Crippen molar-refractivity contribution in [3.63, 3.8) is 0 Å². The van der Waals surface area contributed by atoms with Gasteiger partial charge in [0.15, 0.2) is 0 Å². The Morgan fingerprint density at radius 3 is 2.12 bits per heavy atom. The van der Waals surface area contributed by atoms with E-state index in [0.717, 1.165) is 6.07 Å². The number of nitrogens with one attached hydrogen (secondary N) is 1. The number of benzene rings is 1. The monoisotopic (exact) mass is 597 g/mol. The third-order valence-corrected chi connectivity index (χ3v) is 6.52. The summed E-state index contributed by atoms with van der Waals surface area (Å²) in [6, 6.07) is 7.45. The van der Waals surface area contributed by atoms with Gasteiger partial charge in [-0.25, -0.2) is 14.8 Å². The maximum absolute atomic E-state index is 13.1. The lowest BCUT2D eigenvalue weighted by molar-refractivity contribution is -0.192. The van der Waals surface area contributed by atoms with E-state index in [1.807, 2.05) is 0 Å². The summed E-state index contributed by atoms with van der Waals surface area (Å²) in [5.41, 5.74) is -0.186. The molecule has 220 valence electrons. The van der Waals surface area contributed by atoms with Gasteiger partial charge in [0.1, 0.15) is 5.69 Å². The molecule has 0 unspecified atom stereocenters. The van der Waals surface area contributed by atoms with Crippen LogP contribution in [0, 0.1) is 6.92 Å². The normalized spacial score (nSPS) is 20.2. The van der Waals surface area contributed by atoms with Crippen molar-refractivity contribution in [1.29, 1.82) is 0 Å². The van der Waals surface area contributed by atoms with Crippen LogP contribution in [0.4, 0.5) is 32.3 Å². The van der Waals surface area contributed by atoms with Crippen LogP contribution in [0.5, 0.6) is 0 Å². The number of carboxylic acid groups (broad SMARTS) is 1. The molecule has 2 aliphatic rings. The second kappa shape index (κ2) is 12.6. The zero-order valence-electron chi connectivity index (χ0n) is 21.0. The highest BCUT2D eigenvalue weighted by Crippen LogP contribution is 2.30. The van der Waals surface area contributed by atoms with E-state index in [0.29, 0.717) is 43.1 Å². The van der Waals surface area contributed by atoms with Gasteiger partial charge in [0.25, 0.3) is 5.91 Å².